The van der Waals surface area contributed by atoms with E-state index in [2.05, 4.69) is 9.71 Å². The Balaban J connectivity index is 1.57. The first kappa shape index (κ1) is 23.8. The van der Waals surface area contributed by atoms with Gasteiger partial charge >= 0.3 is 0 Å². The second-order valence-electron chi connectivity index (χ2n) is 7.78. The van der Waals surface area contributed by atoms with Crippen molar-refractivity contribution in [2.75, 3.05) is 34.0 Å². The molecule has 8 heteroatoms. The van der Waals surface area contributed by atoms with Crippen LogP contribution in [-0.2, 0) is 14.8 Å². The topological polar surface area (TPSA) is 89.7 Å². The summed E-state index contributed by atoms with van der Waals surface area (Å²) >= 11 is 0. The number of aromatic amines is 1. The first-order valence-electron chi connectivity index (χ1n) is 10.9. The summed E-state index contributed by atoms with van der Waals surface area (Å²) in [5.74, 6) is 1.13. The number of rotatable bonds is 11. The van der Waals surface area contributed by atoms with Crippen LogP contribution in [0.15, 0.2) is 83.9 Å². The van der Waals surface area contributed by atoms with E-state index in [1.807, 2.05) is 54.7 Å². The highest BCUT2D eigenvalue weighted by Crippen LogP contribution is 2.32. The molecule has 1 unspecified atom stereocenters. The molecule has 178 valence electrons. The van der Waals surface area contributed by atoms with Gasteiger partial charge in [-0.05, 0) is 53.6 Å². The summed E-state index contributed by atoms with van der Waals surface area (Å²) in [4.78, 5) is 3.47. The highest BCUT2D eigenvalue weighted by atomic mass is 32.2. The monoisotopic (exact) mass is 480 g/mol. The lowest BCUT2D eigenvalue weighted by molar-refractivity contribution is 0.146. The summed E-state index contributed by atoms with van der Waals surface area (Å²) in [7, 11) is -0.511. The maximum Gasteiger partial charge on any atom is 0.240 e. The molecule has 0 aliphatic heterocycles. The molecular formula is C26H28N2O5S. The number of methoxy groups -OCH3 is 2. The van der Waals surface area contributed by atoms with E-state index in [-0.39, 0.29) is 17.4 Å². The zero-order valence-electron chi connectivity index (χ0n) is 19.2. The summed E-state index contributed by atoms with van der Waals surface area (Å²) < 4.78 is 44.7. The van der Waals surface area contributed by atoms with Gasteiger partial charge in [-0.25, -0.2) is 13.1 Å². The minimum Gasteiger partial charge on any atom is -0.497 e. The molecule has 3 aromatic carbocycles. The number of hydrogen-bond donors (Lipinski definition) is 2. The number of hydrogen-bond acceptors (Lipinski definition) is 5. The second-order valence-corrected chi connectivity index (χ2v) is 9.55. The largest absolute Gasteiger partial charge is 0.497 e. The summed E-state index contributed by atoms with van der Waals surface area (Å²) in [6, 6.07) is 22.0. The Hall–Kier alpha value is -3.33. The van der Waals surface area contributed by atoms with Gasteiger partial charge in [0.25, 0.3) is 0 Å². The third-order valence-electron chi connectivity index (χ3n) is 5.68. The van der Waals surface area contributed by atoms with Crippen molar-refractivity contribution in [3.05, 3.63) is 90.1 Å². The van der Waals surface area contributed by atoms with Crippen molar-refractivity contribution in [3.63, 3.8) is 0 Å². The maximum absolute atomic E-state index is 13.1. The van der Waals surface area contributed by atoms with Crippen molar-refractivity contribution in [1.82, 2.24) is 9.71 Å². The molecule has 0 amide bonds. The molecule has 0 spiro atoms. The van der Waals surface area contributed by atoms with Crippen molar-refractivity contribution in [2.24, 2.45) is 0 Å². The Kier molecular flexibility index (Phi) is 7.52. The van der Waals surface area contributed by atoms with Gasteiger partial charge in [0.1, 0.15) is 18.1 Å². The van der Waals surface area contributed by atoms with Gasteiger partial charge in [-0.1, -0.05) is 30.3 Å². The molecule has 0 saturated heterocycles. The Labute approximate surface area is 199 Å². The van der Waals surface area contributed by atoms with Gasteiger partial charge in [-0.2, -0.15) is 0 Å². The molecule has 0 saturated carbocycles. The molecule has 4 aromatic rings. The summed E-state index contributed by atoms with van der Waals surface area (Å²) in [6.45, 7) is 1.06. The maximum atomic E-state index is 13.1. The van der Waals surface area contributed by atoms with Crippen molar-refractivity contribution in [3.8, 4) is 11.5 Å². The van der Waals surface area contributed by atoms with Crippen LogP contribution in [-0.4, -0.2) is 47.4 Å². The average Bonchev–Trinajstić information content (AvgIpc) is 3.29. The number of fused-ring (bicyclic) bond motifs is 1. The molecule has 1 heterocycles. The smallest absolute Gasteiger partial charge is 0.240 e. The van der Waals surface area contributed by atoms with E-state index in [4.69, 9.17) is 14.2 Å². The van der Waals surface area contributed by atoms with Gasteiger partial charge < -0.3 is 19.2 Å². The SMILES string of the molecule is COCCOc1ccc(S(=O)(=O)NCC(c2ccc(OC)cc2)c2c[nH]c3ccccc23)cc1. The Morgan fingerprint density at radius 3 is 2.29 bits per heavy atom. The Morgan fingerprint density at radius 2 is 1.59 bits per heavy atom. The lowest BCUT2D eigenvalue weighted by Gasteiger charge is -2.19. The molecule has 0 aliphatic rings. The van der Waals surface area contributed by atoms with Crippen LogP contribution in [0.5, 0.6) is 11.5 Å². The first-order chi connectivity index (χ1) is 16.5. The van der Waals surface area contributed by atoms with E-state index < -0.39 is 10.0 Å². The van der Waals surface area contributed by atoms with E-state index in [1.54, 1.807) is 38.5 Å². The van der Waals surface area contributed by atoms with Gasteiger partial charge in [0.05, 0.1) is 18.6 Å². The van der Waals surface area contributed by atoms with Crippen LogP contribution in [0.2, 0.25) is 0 Å². The third-order valence-corrected chi connectivity index (χ3v) is 7.12. The quantitative estimate of drug-likeness (QED) is 0.312. The van der Waals surface area contributed by atoms with Gasteiger partial charge in [-0.3, -0.25) is 0 Å². The number of nitrogens with one attached hydrogen (secondary N) is 2. The van der Waals surface area contributed by atoms with Gasteiger partial charge in [0, 0.05) is 36.7 Å². The number of para-hydroxylation sites is 1. The molecule has 0 radical (unpaired) electrons. The number of H-pyrrole nitrogens is 1. The zero-order chi connectivity index (χ0) is 24.0. The van der Waals surface area contributed by atoms with Gasteiger partial charge in [-0.15, -0.1) is 0 Å². The molecule has 7 nitrogen and oxygen atoms in total. The fourth-order valence-corrected chi connectivity index (χ4v) is 4.91. The normalized spacial score (nSPS) is 12.5. The number of ether oxygens (including phenoxy) is 3. The van der Waals surface area contributed by atoms with Crippen LogP contribution in [0.3, 0.4) is 0 Å². The van der Waals surface area contributed by atoms with Crippen molar-refractivity contribution in [1.29, 1.82) is 0 Å². The fourth-order valence-electron chi connectivity index (χ4n) is 3.86. The van der Waals surface area contributed by atoms with Crippen LogP contribution < -0.4 is 14.2 Å². The summed E-state index contributed by atoms with van der Waals surface area (Å²) in [5, 5.41) is 1.06. The predicted molar refractivity (Wildman–Crippen MR) is 132 cm³/mol. The van der Waals surface area contributed by atoms with Crippen LogP contribution in [0.4, 0.5) is 0 Å². The van der Waals surface area contributed by atoms with Crippen LogP contribution >= 0.6 is 0 Å². The predicted octanol–water partition coefficient (Wildman–Crippen LogP) is 4.31. The molecule has 0 aliphatic carbocycles. The third kappa shape index (κ3) is 5.41. The molecule has 1 aromatic heterocycles. The number of sulfonamides is 1. The van der Waals surface area contributed by atoms with E-state index in [1.165, 1.54) is 0 Å². The standard InChI is InChI=1S/C26H28N2O5S/c1-31-15-16-33-21-11-13-22(14-12-21)34(29,30)28-18-24(19-7-9-20(32-2)10-8-19)25-17-27-26-6-4-3-5-23(25)26/h3-14,17,24,27-28H,15-16,18H2,1-2H3. The van der Waals surface area contributed by atoms with Crippen LogP contribution in [0, 0.1) is 0 Å². The lowest BCUT2D eigenvalue weighted by Crippen LogP contribution is -2.29. The Morgan fingerprint density at radius 1 is 0.882 bits per heavy atom. The number of benzene rings is 3. The molecule has 1 atom stereocenters. The minimum absolute atomic E-state index is 0.180. The molecule has 0 fully saturated rings. The summed E-state index contributed by atoms with van der Waals surface area (Å²) in [6.07, 6.45) is 1.94. The van der Waals surface area contributed by atoms with Gasteiger partial charge in [0.15, 0.2) is 0 Å². The average molecular weight is 481 g/mol. The van der Waals surface area contributed by atoms with E-state index in [0.29, 0.717) is 19.0 Å². The van der Waals surface area contributed by atoms with Crippen LogP contribution in [0.1, 0.15) is 17.0 Å². The van der Waals surface area contributed by atoms with Crippen molar-refractivity contribution in [2.45, 2.75) is 10.8 Å². The molecular weight excluding hydrogens is 452 g/mol. The van der Waals surface area contributed by atoms with E-state index in [0.717, 1.165) is 27.8 Å². The van der Waals surface area contributed by atoms with E-state index >= 15 is 0 Å². The molecule has 34 heavy (non-hydrogen) atoms. The Bertz CT molecular complexity index is 1320. The van der Waals surface area contributed by atoms with Crippen molar-refractivity contribution >= 4 is 20.9 Å². The van der Waals surface area contributed by atoms with Crippen molar-refractivity contribution < 1.29 is 22.6 Å². The molecule has 4 rings (SSSR count). The summed E-state index contributed by atoms with van der Waals surface area (Å²) in [5.41, 5.74) is 3.00. The zero-order valence-corrected chi connectivity index (χ0v) is 20.0. The highest BCUT2D eigenvalue weighted by molar-refractivity contribution is 7.89. The fraction of sp³-hybridized carbons (Fsp3) is 0.231. The molecule has 2 N–H and O–H groups in total. The number of aromatic nitrogens is 1. The second kappa shape index (κ2) is 10.7. The van der Waals surface area contributed by atoms with E-state index in [9.17, 15) is 8.42 Å². The van der Waals surface area contributed by atoms with Gasteiger partial charge in [0.2, 0.25) is 10.0 Å². The highest BCUT2D eigenvalue weighted by Gasteiger charge is 2.22. The minimum atomic E-state index is -3.73. The van der Waals surface area contributed by atoms with Crippen LogP contribution in [0.25, 0.3) is 10.9 Å². The first-order valence-corrected chi connectivity index (χ1v) is 12.4. The lowest BCUT2D eigenvalue weighted by atomic mass is 9.91. The molecule has 0 bridgehead atoms.